The van der Waals surface area contributed by atoms with Crippen molar-refractivity contribution in [1.29, 1.82) is 0 Å². The number of halogens is 3. The minimum absolute atomic E-state index is 1.04. The van der Waals surface area contributed by atoms with E-state index in [1.165, 1.54) is 15.4 Å². The zero-order valence-electron chi connectivity index (χ0n) is 12.5. The smallest absolute Gasteiger partial charge is 0.279 e. The number of benzene rings is 2. The van der Waals surface area contributed by atoms with Crippen LogP contribution in [0.4, 0.5) is 13.2 Å². The lowest BCUT2D eigenvalue weighted by molar-refractivity contribution is -0.0510. The second-order valence-corrected chi connectivity index (χ2v) is 7.71. The van der Waals surface area contributed by atoms with E-state index < -0.39 is 15.6 Å². The van der Waals surface area contributed by atoms with Gasteiger partial charge in [-0.15, -0.1) is 23.5 Å². The molecule has 0 aromatic heterocycles. The molecule has 2 rings (SSSR count). The molecule has 3 nitrogen and oxygen atoms in total. The van der Waals surface area contributed by atoms with Crippen LogP contribution in [0, 0.1) is 0 Å². The van der Waals surface area contributed by atoms with Gasteiger partial charge in [-0.25, -0.2) is 0 Å². The van der Waals surface area contributed by atoms with Crippen molar-refractivity contribution >= 4 is 33.6 Å². The molecule has 0 aliphatic carbocycles. The summed E-state index contributed by atoms with van der Waals surface area (Å²) in [7, 11) is -5.84. The lowest BCUT2D eigenvalue weighted by Crippen LogP contribution is -2.21. The van der Waals surface area contributed by atoms with E-state index >= 15 is 0 Å². The predicted molar refractivity (Wildman–Crippen MR) is 91.8 cm³/mol. The number of rotatable bonds is 4. The minimum atomic E-state index is -5.84. The van der Waals surface area contributed by atoms with Crippen molar-refractivity contribution in [1.82, 2.24) is 0 Å². The van der Waals surface area contributed by atoms with Crippen molar-refractivity contribution in [2.75, 3.05) is 6.26 Å². The van der Waals surface area contributed by atoms with Gasteiger partial charge in [0.05, 0.1) is 0 Å². The highest BCUT2D eigenvalue weighted by molar-refractivity contribution is 7.98. The van der Waals surface area contributed by atoms with Crippen LogP contribution in [0.3, 0.4) is 0 Å². The number of thioether (sulfide) groups is 2. The summed E-state index contributed by atoms with van der Waals surface area (Å²) in [5.74, 6) is 1.04. The van der Waals surface area contributed by atoms with Gasteiger partial charge in [0.15, 0.2) is 0 Å². The molecule has 9 heteroatoms. The third kappa shape index (κ3) is 7.61. The van der Waals surface area contributed by atoms with Crippen molar-refractivity contribution < 1.29 is 26.1 Å². The van der Waals surface area contributed by atoms with Crippen molar-refractivity contribution in [2.24, 2.45) is 0 Å². The van der Waals surface area contributed by atoms with Gasteiger partial charge in [0.1, 0.15) is 0 Å². The van der Waals surface area contributed by atoms with E-state index in [9.17, 15) is 13.2 Å². The third-order valence-electron chi connectivity index (χ3n) is 2.60. The van der Waals surface area contributed by atoms with Crippen LogP contribution in [-0.2, 0) is 15.9 Å². The highest BCUT2D eigenvalue weighted by Crippen LogP contribution is 2.23. The van der Waals surface area contributed by atoms with E-state index in [2.05, 4.69) is 60.9 Å². The van der Waals surface area contributed by atoms with Crippen molar-refractivity contribution in [3.05, 3.63) is 60.2 Å². The van der Waals surface area contributed by atoms with Gasteiger partial charge >= 0.3 is 15.6 Å². The van der Waals surface area contributed by atoms with Crippen LogP contribution < -0.4 is 0 Å². The normalized spacial score (nSPS) is 11.5. The minimum Gasteiger partial charge on any atom is -0.279 e. The first kappa shape index (κ1) is 20.9. The first-order chi connectivity index (χ1) is 11.1. The summed E-state index contributed by atoms with van der Waals surface area (Å²) in [5, 5.41) is 0. The molecule has 0 heterocycles. The fraction of sp³-hybridized carbons (Fsp3) is 0.200. The molecule has 0 fully saturated rings. The maximum atomic E-state index is 10.7. The van der Waals surface area contributed by atoms with Gasteiger partial charge in [0.2, 0.25) is 0 Å². The number of hydrogen-bond acceptors (Lipinski definition) is 4. The first-order valence-electron chi connectivity index (χ1n) is 6.48. The second-order valence-electron chi connectivity index (χ2n) is 4.37. The molecule has 0 saturated heterocycles. The number of hydrogen-bond donors (Lipinski definition) is 1. The summed E-state index contributed by atoms with van der Waals surface area (Å²) in [4.78, 5) is 2.66. The monoisotopic (exact) mass is 396 g/mol. The molecule has 0 saturated carbocycles. The Bertz CT molecular complexity index is 715. The average molecular weight is 396 g/mol. The zero-order chi connectivity index (χ0) is 18.2. The molecule has 24 heavy (non-hydrogen) atoms. The van der Waals surface area contributed by atoms with Gasteiger partial charge in [-0.1, -0.05) is 30.3 Å². The van der Waals surface area contributed by atoms with Gasteiger partial charge in [-0.2, -0.15) is 21.6 Å². The van der Waals surface area contributed by atoms with Gasteiger partial charge in [-0.3, -0.25) is 4.55 Å². The molecule has 0 bridgehead atoms. The van der Waals surface area contributed by atoms with Crippen LogP contribution in [0.2, 0.25) is 0 Å². The van der Waals surface area contributed by atoms with Crippen molar-refractivity contribution in [2.45, 2.75) is 21.1 Å². The zero-order valence-corrected chi connectivity index (χ0v) is 15.0. The maximum absolute atomic E-state index is 10.7. The lowest BCUT2D eigenvalue weighted by atomic mass is 10.2. The van der Waals surface area contributed by atoms with E-state index in [0.717, 1.165) is 5.75 Å². The molecule has 0 aliphatic rings. The van der Waals surface area contributed by atoms with Crippen molar-refractivity contribution in [3.63, 3.8) is 0 Å². The first-order valence-corrected chi connectivity index (χ1v) is 10.1. The largest absolute Gasteiger partial charge is 0.522 e. The molecule has 0 atom stereocenters. The molecule has 2 aromatic rings. The van der Waals surface area contributed by atoms with Crippen LogP contribution in [0.1, 0.15) is 5.56 Å². The van der Waals surface area contributed by atoms with Crippen LogP contribution in [0.5, 0.6) is 0 Å². The fourth-order valence-corrected chi connectivity index (χ4v) is 2.69. The number of alkyl halides is 3. The van der Waals surface area contributed by atoms with Gasteiger partial charge in [0, 0.05) is 15.5 Å². The highest BCUT2D eigenvalue weighted by atomic mass is 32.2. The Kier molecular flexibility index (Phi) is 8.14. The molecule has 0 spiro atoms. The molecule has 0 unspecified atom stereocenters. The van der Waals surface area contributed by atoms with E-state index in [1.54, 1.807) is 11.8 Å². The Hall–Kier alpha value is -1.16. The van der Waals surface area contributed by atoms with Crippen LogP contribution in [0.25, 0.3) is 0 Å². The Morgan fingerprint density at radius 3 is 1.88 bits per heavy atom. The van der Waals surface area contributed by atoms with Crippen LogP contribution in [-0.4, -0.2) is 24.7 Å². The highest BCUT2D eigenvalue weighted by Gasteiger charge is 2.44. The molecule has 0 amide bonds. The average Bonchev–Trinajstić information content (AvgIpc) is 2.53. The fourth-order valence-electron chi connectivity index (χ4n) is 1.41. The van der Waals surface area contributed by atoms with Crippen LogP contribution >= 0.6 is 23.5 Å². The standard InChI is InChI=1S/C14H14S2.CHF3O3S/c1-15-13-9-7-12(8-10-13)11-16-14-5-3-2-4-6-14;2-1(3,4)8(5,6)7/h2-10H,11H2,1H3;(H,5,6,7). The summed E-state index contributed by atoms with van der Waals surface area (Å²) in [6.45, 7) is 0. The maximum Gasteiger partial charge on any atom is 0.522 e. The Morgan fingerprint density at radius 2 is 1.46 bits per heavy atom. The molecule has 1 N–H and O–H groups in total. The lowest BCUT2D eigenvalue weighted by Gasteiger charge is -2.02. The van der Waals surface area contributed by atoms with E-state index in [-0.39, 0.29) is 0 Å². The topological polar surface area (TPSA) is 54.4 Å². The Balaban J connectivity index is 0.000000307. The summed E-state index contributed by atoms with van der Waals surface area (Å²) < 4.78 is 57.5. The SMILES string of the molecule is CSc1ccc(CSc2ccccc2)cc1.O=S(=O)(O)C(F)(F)F. The second kappa shape index (κ2) is 9.36. The molecular weight excluding hydrogens is 381 g/mol. The van der Waals surface area contributed by atoms with E-state index in [0.29, 0.717) is 0 Å². The third-order valence-corrected chi connectivity index (χ3v) is 5.01. The predicted octanol–water partition coefficient (Wildman–Crippen LogP) is 5.09. The summed E-state index contributed by atoms with van der Waals surface area (Å²) in [6.07, 6.45) is 2.10. The quantitative estimate of drug-likeness (QED) is 0.443. The van der Waals surface area contributed by atoms with E-state index in [1.807, 2.05) is 11.8 Å². The molecule has 2 aromatic carbocycles. The summed E-state index contributed by atoms with van der Waals surface area (Å²) >= 11 is 3.67. The van der Waals surface area contributed by atoms with Gasteiger partial charge < -0.3 is 0 Å². The molecule has 0 aliphatic heterocycles. The van der Waals surface area contributed by atoms with Gasteiger partial charge in [0.25, 0.3) is 0 Å². The van der Waals surface area contributed by atoms with Gasteiger partial charge in [-0.05, 0) is 36.1 Å². The van der Waals surface area contributed by atoms with Crippen LogP contribution in [0.15, 0.2) is 64.4 Å². The Morgan fingerprint density at radius 1 is 0.958 bits per heavy atom. The Labute approximate surface area is 147 Å². The summed E-state index contributed by atoms with van der Waals surface area (Å²) in [5.41, 5.74) is -4.15. The summed E-state index contributed by atoms with van der Waals surface area (Å²) in [6, 6.07) is 19.3. The van der Waals surface area contributed by atoms with E-state index in [4.69, 9.17) is 13.0 Å². The molecule has 0 radical (unpaired) electrons. The molecular formula is C15H15F3O3S3. The van der Waals surface area contributed by atoms with Crippen molar-refractivity contribution in [3.8, 4) is 0 Å². The molecule has 132 valence electrons.